The highest BCUT2D eigenvalue weighted by molar-refractivity contribution is 9.08. The smallest absolute Gasteiger partial charge is 0.153 e. The van der Waals surface area contributed by atoms with Gasteiger partial charge in [0.05, 0.1) is 24.1 Å². The highest BCUT2D eigenvalue weighted by atomic mass is 79.9. The summed E-state index contributed by atoms with van der Waals surface area (Å²) in [5.74, 6) is 1.14. The van der Waals surface area contributed by atoms with E-state index in [1.165, 1.54) is 0 Å². The summed E-state index contributed by atoms with van der Waals surface area (Å²) in [5, 5.41) is 0.694. The molecule has 0 aliphatic rings. The SMILES string of the molecule is COc1ccc(C=O)c(OCc2cccc(CBr)n2)c1. The zero-order valence-corrected chi connectivity index (χ0v) is 12.6. The predicted octanol–water partition coefficient (Wildman–Crippen LogP) is 3.38. The maximum absolute atomic E-state index is 11.0. The van der Waals surface area contributed by atoms with E-state index in [1.807, 2.05) is 18.2 Å². The molecule has 1 aromatic carbocycles. The molecule has 0 aliphatic carbocycles. The Morgan fingerprint density at radius 2 is 2.05 bits per heavy atom. The van der Waals surface area contributed by atoms with Gasteiger partial charge in [0, 0.05) is 11.4 Å². The molecule has 0 fully saturated rings. The van der Waals surface area contributed by atoms with Gasteiger partial charge >= 0.3 is 0 Å². The van der Waals surface area contributed by atoms with Crippen molar-refractivity contribution in [3.63, 3.8) is 0 Å². The van der Waals surface area contributed by atoms with Crippen LogP contribution in [0.4, 0.5) is 0 Å². The van der Waals surface area contributed by atoms with E-state index in [-0.39, 0.29) is 0 Å². The van der Waals surface area contributed by atoms with Crippen molar-refractivity contribution < 1.29 is 14.3 Å². The van der Waals surface area contributed by atoms with Crippen LogP contribution in [0, 0.1) is 0 Å². The van der Waals surface area contributed by atoms with Crippen molar-refractivity contribution in [1.82, 2.24) is 4.98 Å². The van der Waals surface area contributed by atoms with E-state index in [4.69, 9.17) is 9.47 Å². The van der Waals surface area contributed by atoms with E-state index in [0.29, 0.717) is 29.0 Å². The average Bonchev–Trinajstić information content (AvgIpc) is 2.52. The molecule has 0 N–H and O–H groups in total. The summed E-state index contributed by atoms with van der Waals surface area (Å²) in [6, 6.07) is 10.8. The molecule has 0 saturated carbocycles. The third kappa shape index (κ3) is 3.57. The third-order valence-corrected chi connectivity index (χ3v) is 3.30. The van der Waals surface area contributed by atoms with Gasteiger partial charge in [0.1, 0.15) is 18.1 Å². The second-order valence-electron chi connectivity index (χ2n) is 4.06. The van der Waals surface area contributed by atoms with Gasteiger partial charge in [-0.3, -0.25) is 9.78 Å². The minimum atomic E-state index is 0.300. The number of ether oxygens (including phenoxy) is 2. The first kappa shape index (κ1) is 14.5. The quantitative estimate of drug-likeness (QED) is 0.599. The van der Waals surface area contributed by atoms with Crippen LogP contribution in [0.3, 0.4) is 0 Å². The first-order chi connectivity index (χ1) is 9.76. The van der Waals surface area contributed by atoms with E-state index in [2.05, 4.69) is 20.9 Å². The van der Waals surface area contributed by atoms with Gasteiger partial charge in [0.25, 0.3) is 0 Å². The number of pyridine rings is 1. The second kappa shape index (κ2) is 7.05. The molecule has 0 atom stereocenters. The molecule has 5 heteroatoms. The molecule has 1 aromatic heterocycles. The fourth-order valence-electron chi connectivity index (χ4n) is 1.70. The number of halogens is 1. The molecule has 4 nitrogen and oxygen atoms in total. The summed E-state index contributed by atoms with van der Waals surface area (Å²) in [6.45, 7) is 0.300. The minimum Gasteiger partial charge on any atom is -0.497 e. The number of carbonyl (C=O) groups excluding carboxylic acids is 1. The molecule has 104 valence electrons. The van der Waals surface area contributed by atoms with E-state index < -0.39 is 0 Å². The number of hydrogen-bond acceptors (Lipinski definition) is 4. The molecule has 0 saturated heterocycles. The Morgan fingerprint density at radius 1 is 1.25 bits per heavy atom. The van der Waals surface area contributed by atoms with Crippen LogP contribution in [0.25, 0.3) is 0 Å². The number of nitrogens with zero attached hydrogens (tertiary/aromatic N) is 1. The standard InChI is InChI=1S/C15H14BrNO3/c1-19-14-6-5-11(9-18)15(7-14)20-10-13-4-2-3-12(8-16)17-13/h2-7,9H,8,10H2,1H3. The van der Waals surface area contributed by atoms with Crippen molar-refractivity contribution in [3.8, 4) is 11.5 Å². The molecule has 1 heterocycles. The number of aromatic nitrogens is 1. The monoisotopic (exact) mass is 335 g/mol. The maximum atomic E-state index is 11.0. The minimum absolute atomic E-state index is 0.300. The van der Waals surface area contributed by atoms with Crippen molar-refractivity contribution in [3.05, 3.63) is 53.3 Å². The lowest BCUT2D eigenvalue weighted by molar-refractivity contribution is 0.111. The predicted molar refractivity (Wildman–Crippen MR) is 79.6 cm³/mol. The molecule has 0 aliphatic heterocycles. The van der Waals surface area contributed by atoms with Crippen LogP contribution >= 0.6 is 15.9 Å². The number of benzene rings is 1. The number of rotatable bonds is 6. The molecular formula is C15H14BrNO3. The van der Waals surface area contributed by atoms with Crippen molar-refractivity contribution in [2.45, 2.75) is 11.9 Å². The highest BCUT2D eigenvalue weighted by Crippen LogP contribution is 2.24. The van der Waals surface area contributed by atoms with Gasteiger partial charge in [-0.1, -0.05) is 22.0 Å². The van der Waals surface area contributed by atoms with Gasteiger partial charge in [0.2, 0.25) is 0 Å². The fourth-order valence-corrected chi connectivity index (χ4v) is 2.01. The van der Waals surface area contributed by atoms with Gasteiger partial charge in [0.15, 0.2) is 6.29 Å². The van der Waals surface area contributed by atoms with Gasteiger partial charge in [-0.15, -0.1) is 0 Å². The molecule has 0 radical (unpaired) electrons. The van der Waals surface area contributed by atoms with E-state index >= 15 is 0 Å². The first-order valence-corrected chi connectivity index (χ1v) is 7.15. The lowest BCUT2D eigenvalue weighted by Gasteiger charge is -2.10. The average molecular weight is 336 g/mol. The topological polar surface area (TPSA) is 48.4 Å². The largest absolute Gasteiger partial charge is 0.497 e. The van der Waals surface area contributed by atoms with Crippen molar-refractivity contribution >= 4 is 22.2 Å². The Hall–Kier alpha value is -1.88. The number of carbonyl (C=O) groups is 1. The maximum Gasteiger partial charge on any atom is 0.153 e. The summed E-state index contributed by atoms with van der Waals surface area (Å²) in [7, 11) is 1.57. The van der Waals surface area contributed by atoms with Crippen LogP contribution in [0.15, 0.2) is 36.4 Å². The summed E-state index contributed by atoms with van der Waals surface area (Å²) in [5.41, 5.74) is 2.23. The molecule has 20 heavy (non-hydrogen) atoms. The van der Waals surface area contributed by atoms with Crippen LogP contribution in [-0.2, 0) is 11.9 Å². The van der Waals surface area contributed by atoms with Gasteiger partial charge in [-0.25, -0.2) is 0 Å². The Balaban J connectivity index is 2.14. The third-order valence-electron chi connectivity index (χ3n) is 2.72. The summed E-state index contributed by atoms with van der Waals surface area (Å²) >= 11 is 3.36. The summed E-state index contributed by atoms with van der Waals surface area (Å²) in [6.07, 6.45) is 0.761. The van der Waals surface area contributed by atoms with Gasteiger partial charge < -0.3 is 9.47 Å². The van der Waals surface area contributed by atoms with Crippen molar-refractivity contribution in [2.24, 2.45) is 0 Å². The Labute approximate surface area is 125 Å². The lowest BCUT2D eigenvalue weighted by atomic mass is 10.2. The van der Waals surface area contributed by atoms with E-state index in [9.17, 15) is 4.79 Å². The molecule has 0 bridgehead atoms. The van der Waals surface area contributed by atoms with Crippen LogP contribution in [-0.4, -0.2) is 18.4 Å². The Morgan fingerprint density at radius 3 is 2.75 bits per heavy atom. The second-order valence-corrected chi connectivity index (χ2v) is 4.62. The Bertz CT molecular complexity index is 601. The van der Waals surface area contributed by atoms with E-state index in [0.717, 1.165) is 17.7 Å². The zero-order chi connectivity index (χ0) is 14.4. The van der Waals surface area contributed by atoms with Gasteiger partial charge in [-0.05, 0) is 24.3 Å². The Kier molecular flexibility index (Phi) is 5.12. The number of aldehydes is 1. The first-order valence-electron chi connectivity index (χ1n) is 6.03. The molecule has 0 unspecified atom stereocenters. The van der Waals surface area contributed by atoms with Crippen LogP contribution in [0.5, 0.6) is 11.5 Å². The number of hydrogen-bond donors (Lipinski definition) is 0. The fraction of sp³-hybridized carbons (Fsp3) is 0.200. The van der Waals surface area contributed by atoms with Gasteiger partial charge in [-0.2, -0.15) is 0 Å². The zero-order valence-electron chi connectivity index (χ0n) is 11.0. The molecule has 2 aromatic rings. The van der Waals surface area contributed by atoms with Crippen LogP contribution in [0.1, 0.15) is 21.7 Å². The normalized spacial score (nSPS) is 10.1. The van der Waals surface area contributed by atoms with E-state index in [1.54, 1.807) is 25.3 Å². The molecule has 0 spiro atoms. The summed E-state index contributed by atoms with van der Waals surface area (Å²) in [4.78, 5) is 15.4. The molecule has 2 rings (SSSR count). The van der Waals surface area contributed by atoms with Crippen LogP contribution in [0.2, 0.25) is 0 Å². The lowest BCUT2D eigenvalue weighted by Crippen LogP contribution is -2.02. The number of alkyl halides is 1. The van der Waals surface area contributed by atoms with Crippen molar-refractivity contribution in [1.29, 1.82) is 0 Å². The van der Waals surface area contributed by atoms with Crippen LogP contribution < -0.4 is 9.47 Å². The highest BCUT2D eigenvalue weighted by Gasteiger charge is 2.06. The molecule has 0 amide bonds. The molecular weight excluding hydrogens is 322 g/mol. The summed E-state index contributed by atoms with van der Waals surface area (Å²) < 4.78 is 10.8. The number of methoxy groups -OCH3 is 1. The van der Waals surface area contributed by atoms with Crippen molar-refractivity contribution in [2.75, 3.05) is 7.11 Å².